The van der Waals surface area contributed by atoms with Gasteiger partial charge in [-0.15, -0.1) is 0 Å². The number of amides is 1. The van der Waals surface area contributed by atoms with Crippen LogP contribution < -0.4 is 5.32 Å². The minimum Gasteiger partial charge on any atom is -0.323 e. The first-order valence-corrected chi connectivity index (χ1v) is 7.91. The zero-order chi connectivity index (χ0) is 17.4. The van der Waals surface area contributed by atoms with Gasteiger partial charge in [-0.2, -0.15) is 0 Å². The maximum Gasteiger partial charge on any atom is 0.276 e. The molecular weight excluding hydrogens is 304 g/mol. The first-order valence-electron chi connectivity index (χ1n) is 7.91. The number of nitro groups is 1. The van der Waals surface area contributed by atoms with Gasteiger partial charge in [0.1, 0.15) is 0 Å². The van der Waals surface area contributed by atoms with Crippen LogP contribution in [0.3, 0.4) is 0 Å². The number of aryl methyl sites for hydroxylation is 1. The number of hydrogen-bond donors (Lipinski definition) is 1. The Hall–Kier alpha value is -2.95. The van der Waals surface area contributed by atoms with Crippen LogP contribution in [-0.4, -0.2) is 10.8 Å². The van der Waals surface area contributed by atoms with Gasteiger partial charge in [-0.3, -0.25) is 14.9 Å². The largest absolute Gasteiger partial charge is 0.323 e. The number of carbonyl (C=O) groups is 1. The summed E-state index contributed by atoms with van der Waals surface area (Å²) in [6.45, 7) is 2.15. The van der Waals surface area contributed by atoms with Gasteiger partial charge in [0, 0.05) is 17.8 Å². The van der Waals surface area contributed by atoms with E-state index >= 15 is 0 Å². The van der Waals surface area contributed by atoms with E-state index in [1.54, 1.807) is 18.2 Å². The standard InChI is InChI=1S/C19H20N2O3/c1-2-3-6-15-9-12-17(13-10-15)20-19(22)14-11-16-7-4-5-8-18(16)21(23)24/h4-5,7-14H,2-3,6H2,1H3,(H,20,22). The fourth-order valence-electron chi connectivity index (χ4n) is 2.28. The molecule has 2 rings (SSSR count). The maximum absolute atomic E-state index is 12.0. The minimum absolute atomic E-state index is 0.0261. The number of nitro benzene ring substituents is 1. The van der Waals surface area contributed by atoms with E-state index < -0.39 is 4.92 Å². The summed E-state index contributed by atoms with van der Waals surface area (Å²) in [4.78, 5) is 22.4. The molecule has 0 saturated heterocycles. The fourth-order valence-corrected chi connectivity index (χ4v) is 2.28. The zero-order valence-corrected chi connectivity index (χ0v) is 13.6. The number of hydrogen-bond acceptors (Lipinski definition) is 3. The second-order valence-corrected chi connectivity index (χ2v) is 5.44. The highest BCUT2D eigenvalue weighted by atomic mass is 16.6. The summed E-state index contributed by atoms with van der Waals surface area (Å²) in [5, 5.41) is 13.7. The summed E-state index contributed by atoms with van der Waals surface area (Å²) in [6, 6.07) is 14.0. The Morgan fingerprint density at radius 1 is 1.17 bits per heavy atom. The van der Waals surface area contributed by atoms with Crippen molar-refractivity contribution in [2.45, 2.75) is 26.2 Å². The molecule has 2 aromatic carbocycles. The van der Waals surface area contributed by atoms with Gasteiger partial charge < -0.3 is 5.32 Å². The summed E-state index contributed by atoms with van der Waals surface area (Å²) in [5.74, 6) is -0.325. The summed E-state index contributed by atoms with van der Waals surface area (Å²) in [6.07, 6.45) is 6.07. The topological polar surface area (TPSA) is 72.2 Å². The number of benzene rings is 2. The average molecular weight is 324 g/mol. The third-order valence-electron chi connectivity index (χ3n) is 3.59. The Labute approximate surface area is 141 Å². The molecule has 1 N–H and O–H groups in total. The lowest BCUT2D eigenvalue weighted by molar-refractivity contribution is -0.385. The van der Waals surface area contributed by atoms with E-state index in [0.717, 1.165) is 19.3 Å². The predicted molar refractivity (Wildman–Crippen MR) is 95.8 cm³/mol. The molecule has 1 amide bonds. The van der Waals surface area contributed by atoms with Gasteiger partial charge in [-0.25, -0.2) is 0 Å². The maximum atomic E-state index is 12.0. The quantitative estimate of drug-likeness (QED) is 0.460. The Morgan fingerprint density at radius 3 is 2.54 bits per heavy atom. The van der Waals surface area contributed by atoms with Crippen LogP contribution in [0.25, 0.3) is 6.08 Å². The van der Waals surface area contributed by atoms with Crippen LogP contribution in [0.2, 0.25) is 0 Å². The van der Waals surface area contributed by atoms with E-state index in [0.29, 0.717) is 11.3 Å². The van der Waals surface area contributed by atoms with Crippen LogP contribution in [0, 0.1) is 10.1 Å². The molecule has 0 aliphatic heterocycles. The molecule has 0 radical (unpaired) electrons. The van der Waals surface area contributed by atoms with Crippen molar-refractivity contribution in [2.75, 3.05) is 5.32 Å². The second kappa shape index (κ2) is 8.62. The molecule has 0 aromatic heterocycles. The van der Waals surface area contributed by atoms with Crippen molar-refractivity contribution in [3.63, 3.8) is 0 Å². The molecule has 0 saturated carbocycles. The van der Waals surface area contributed by atoms with Crippen LogP contribution in [0.1, 0.15) is 30.9 Å². The number of nitrogens with one attached hydrogen (secondary N) is 1. The van der Waals surface area contributed by atoms with E-state index in [4.69, 9.17) is 0 Å². The van der Waals surface area contributed by atoms with E-state index in [1.807, 2.05) is 24.3 Å². The van der Waals surface area contributed by atoms with Crippen molar-refractivity contribution in [1.82, 2.24) is 0 Å². The van der Waals surface area contributed by atoms with Crippen LogP contribution in [0.15, 0.2) is 54.6 Å². The van der Waals surface area contributed by atoms with Crippen molar-refractivity contribution in [3.8, 4) is 0 Å². The van der Waals surface area contributed by atoms with Gasteiger partial charge in [-0.05, 0) is 42.7 Å². The first-order chi connectivity index (χ1) is 11.6. The highest BCUT2D eigenvalue weighted by Crippen LogP contribution is 2.19. The van der Waals surface area contributed by atoms with Gasteiger partial charge in [0.15, 0.2) is 0 Å². The molecule has 0 aliphatic carbocycles. The molecule has 5 heteroatoms. The smallest absolute Gasteiger partial charge is 0.276 e. The lowest BCUT2D eigenvalue weighted by Crippen LogP contribution is -2.07. The Balaban J connectivity index is 1.99. The Bertz CT molecular complexity index is 737. The normalized spacial score (nSPS) is 10.7. The molecule has 2 aromatic rings. The molecule has 5 nitrogen and oxygen atoms in total. The highest BCUT2D eigenvalue weighted by molar-refractivity contribution is 6.02. The van der Waals surface area contributed by atoms with Gasteiger partial charge in [0.05, 0.1) is 10.5 Å². The number of para-hydroxylation sites is 1. The number of carbonyl (C=O) groups excluding carboxylic acids is 1. The molecule has 0 aliphatic rings. The summed E-state index contributed by atoms with van der Waals surface area (Å²) >= 11 is 0. The lowest BCUT2D eigenvalue weighted by Gasteiger charge is -2.04. The van der Waals surface area contributed by atoms with Gasteiger partial charge in [-0.1, -0.05) is 37.6 Å². The monoisotopic (exact) mass is 324 g/mol. The summed E-state index contributed by atoms with van der Waals surface area (Å²) < 4.78 is 0. The zero-order valence-electron chi connectivity index (χ0n) is 13.6. The minimum atomic E-state index is -0.466. The molecule has 24 heavy (non-hydrogen) atoms. The molecule has 0 bridgehead atoms. The van der Waals surface area contributed by atoms with E-state index in [-0.39, 0.29) is 11.6 Å². The van der Waals surface area contributed by atoms with E-state index in [9.17, 15) is 14.9 Å². The van der Waals surface area contributed by atoms with Crippen LogP contribution in [-0.2, 0) is 11.2 Å². The molecular formula is C19H20N2O3. The fraction of sp³-hybridized carbons (Fsp3) is 0.211. The van der Waals surface area contributed by atoms with Crippen molar-refractivity contribution < 1.29 is 9.72 Å². The molecule has 0 heterocycles. The van der Waals surface area contributed by atoms with Crippen molar-refractivity contribution in [1.29, 1.82) is 0 Å². The lowest BCUT2D eigenvalue weighted by atomic mass is 10.1. The summed E-state index contributed by atoms with van der Waals surface area (Å²) in [7, 11) is 0. The predicted octanol–water partition coefficient (Wildman–Crippen LogP) is 4.59. The number of nitrogens with zero attached hydrogens (tertiary/aromatic N) is 1. The van der Waals surface area contributed by atoms with Crippen molar-refractivity contribution in [2.24, 2.45) is 0 Å². The molecule has 0 atom stereocenters. The van der Waals surface area contributed by atoms with Gasteiger partial charge in [0.25, 0.3) is 5.69 Å². The number of anilines is 1. The average Bonchev–Trinajstić information content (AvgIpc) is 2.59. The summed E-state index contributed by atoms with van der Waals surface area (Å²) in [5.41, 5.74) is 2.31. The van der Waals surface area contributed by atoms with Crippen molar-refractivity contribution in [3.05, 3.63) is 75.8 Å². The van der Waals surface area contributed by atoms with E-state index in [2.05, 4.69) is 12.2 Å². The second-order valence-electron chi connectivity index (χ2n) is 5.44. The Kier molecular flexibility index (Phi) is 6.25. The molecule has 0 fully saturated rings. The van der Waals surface area contributed by atoms with E-state index in [1.165, 1.54) is 23.8 Å². The molecule has 124 valence electrons. The number of unbranched alkanes of at least 4 members (excludes halogenated alkanes) is 1. The van der Waals surface area contributed by atoms with Crippen molar-refractivity contribution >= 4 is 23.4 Å². The molecule has 0 unspecified atom stereocenters. The third-order valence-corrected chi connectivity index (χ3v) is 3.59. The first kappa shape index (κ1) is 17.4. The Morgan fingerprint density at radius 2 is 1.88 bits per heavy atom. The third kappa shape index (κ3) is 5.05. The molecule has 0 spiro atoms. The van der Waals surface area contributed by atoms with Gasteiger partial charge in [0.2, 0.25) is 5.91 Å². The van der Waals surface area contributed by atoms with Gasteiger partial charge >= 0.3 is 0 Å². The van der Waals surface area contributed by atoms with Crippen LogP contribution in [0.4, 0.5) is 11.4 Å². The van der Waals surface area contributed by atoms with Crippen LogP contribution >= 0.6 is 0 Å². The SMILES string of the molecule is CCCCc1ccc(NC(=O)C=Cc2ccccc2[N+](=O)[O-])cc1. The number of rotatable bonds is 7. The van der Waals surface area contributed by atoms with Crippen LogP contribution in [0.5, 0.6) is 0 Å². The highest BCUT2D eigenvalue weighted by Gasteiger charge is 2.09.